The molecule has 6 heteroatoms. The fourth-order valence-electron chi connectivity index (χ4n) is 2.75. The molecule has 1 fully saturated rings. The zero-order valence-electron chi connectivity index (χ0n) is 13.0. The van der Waals surface area contributed by atoms with Crippen LogP contribution in [0.4, 0.5) is 0 Å². The number of amides is 1. The Labute approximate surface area is 135 Å². The molecule has 0 saturated heterocycles. The van der Waals surface area contributed by atoms with E-state index in [0.29, 0.717) is 24.2 Å². The number of benzene rings is 1. The van der Waals surface area contributed by atoms with Crippen LogP contribution in [0.5, 0.6) is 5.75 Å². The second-order valence-electron chi connectivity index (χ2n) is 5.83. The maximum absolute atomic E-state index is 12.3. The highest BCUT2D eigenvalue weighted by Crippen LogP contribution is 2.28. The molecule has 1 aromatic carbocycles. The van der Waals surface area contributed by atoms with Crippen LogP contribution >= 0.6 is 0 Å². The smallest absolute Gasteiger partial charge is 0.329 e. The number of nitrogens with one attached hydrogen (secondary N) is 1. The SMILES string of the molecule is CC(Oc1ccc(C#N)cc1)C(=O)NC1(C(=O)O)CCCCC1. The summed E-state index contributed by atoms with van der Waals surface area (Å²) in [6.07, 6.45) is 2.63. The number of hydrogen-bond acceptors (Lipinski definition) is 4. The Morgan fingerprint density at radius 1 is 1.26 bits per heavy atom. The molecule has 0 radical (unpaired) electrons. The number of nitriles is 1. The van der Waals surface area contributed by atoms with Crippen LogP contribution in [-0.4, -0.2) is 28.6 Å². The molecule has 0 aromatic heterocycles. The van der Waals surface area contributed by atoms with Crippen LogP contribution in [0.15, 0.2) is 24.3 Å². The molecular weight excluding hydrogens is 296 g/mol. The van der Waals surface area contributed by atoms with Crippen LogP contribution in [0.3, 0.4) is 0 Å². The van der Waals surface area contributed by atoms with Crippen molar-refractivity contribution in [2.75, 3.05) is 0 Å². The van der Waals surface area contributed by atoms with E-state index in [9.17, 15) is 14.7 Å². The van der Waals surface area contributed by atoms with Crippen molar-refractivity contribution in [3.63, 3.8) is 0 Å². The van der Waals surface area contributed by atoms with Crippen LogP contribution in [0.25, 0.3) is 0 Å². The van der Waals surface area contributed by atoms with E-state index in [2.05, 4.69) is 5.32 Å². The Morgan fingerprint density at radius 3 is 2.39 bits per heavy atom. The molecule has 1 atom stereocenters. The van der Waals surface area contributed by atoms with Gasteiger partial charge in [0.2, 0.25) is 0 Å². The van der Waals surface area contributed by atoms with Crippen LogP contribution in [-0.2, 0) is 9.59 Å². The van der Waals surface area contributed by atoms with Crippen molar-refractivity contribution in [1.29, 1.82) is 5.26 Å². The summed E-state index contributed by atoms with van der Waals surface area (Å²) in [7, 11) is 0. The van der Waals surface area contributed by atoms with Gasteiger partial charge in [-0.2, -0.15) is 5.26 Å². The van der Waals surface area contributed by atoms with E-state index < -0.39 is 23.5 Å². The van der Waals surface area contributed by atoms with E-state index in [1.165, 1.54) is 0 Å². The molecule has 0 bridgehead atoms. The molecule has 1 aromatic rings. The van der Waals surface area contributed by atoms with E-state index in [4.69, 9.17) is 10.00 Å². The van der Waals surface area contributed by atoms with Gasteiger partial charge in [0, 0.05) is 0 Å². The number of nitrogens with zero attached hydrogens (tertiary/aromatic N) is 1. The summed E-state index contributed by atoms with van der Waals surface area (Å²) >= 11 is 0. The Kier molecular flexibility index (Phi) is 5.22. The van der Waals surface area contributed by atoms with Gasteiger partial charge in [-0.1, -0.05) is 19.3 Å². The average Bonchev–Trinajstić information content (AvgIpc) is 2.56. The minimum atomic E-state index is -1.18. The van der Waals surface area contributed by atoms with Gasteiger partial charge in [-0.25, -0.2) is 4.79 Å². The van der Waals surface area contributed by atoms with Crippen molar-refractivity contribution in [2.24, 2.45) is 0 Å². The minimum absolute atomic E-state index is 0.442. The summed E-state index contributed by atoms with van der Waals surface area (Å²) < 4.78 is 5.53. The standard InChI is InChI=1S/C17H20N2O4/c1-12(23-14-7-5-13(11-18)6-8-14)15(20)19-17(16(21)22)9-3-2-4-10-17/h5-8,12H,2-4,9-10H2,1H3,(H,19,20)(H,21,22). The minimum Gasteiger partial charge on any atom is -0.481 e. The Hall–Kier alpha value is -2.55. The lowest BCUT2D eigenvalue weighted by atomic mass is 9.81. The van der Waals surface area contributed by atoms with Crippen LogP contribution in [0.1, 0.15) is 44.6 Å². The first-order valence-corrected chi connectivity index (χ1v) is 7.69. The third kappa shape index (κ3) is 4.01. The van der Waals surface area contributed by atoms with Gasteiger partial charge in [-0.15, -0.1) is 0 Å². The molecule has 23 heavy (non-hydrogen) atoms. The Balaban J connectivity index is 2.00. The number of carbonyl (C=O) groups excluding carboxylic acids is 1. The number of carboxylic acids is 1. The first-order valence-electron chi connectivity index (χ1n) is 7.69. The lowest BCUT2D eigenvalue weighted by Gasteiger charge is -2.34. The summed E-state index contributed by atoms with van der Waals surface area (Å²) in [6, 6.07) is 8.41. The fourth-order valence-corrected chi connectivity index (χ4v) is 2.75. The third-order valence-electron chi connectivity index (χ3n) is 4.14. The zero-order chi connectivity index (χ0) is 16.9. The van der Waals surface area contributed by atoms with E-state index in [0.717, 1.165) is 19.3 Å². The monoisotopic (exact) mass is 316 g/mol. The first kappa shape index (κ1) is 16.8. The van der Waals surface area contributed by atoms with Gasteiger partial charge in [0.25, 0.3) is 5.91 Å². The lowest BCUT2D eigenvalue weighted by Crippen LogP contribution is -2.58. The fraction of sp³-hybridized carbons (Fsp3) is 0.471. The highest BCUT2D eigenvalue weighted by atomic mass is 16.5. The second-order valence-corrected chi connectivity index (χ2v) is 5.83. The molecule has 1 aliphatic rings. The van der Waals surface area contributed by atoms with Crippen molar-refractivity contribution < 1.29 is 19.4 Å². The quantitative estimate of drug-likeness (QED) is 0.867. The van der Waals surface area contributed by atoms with Gasteiger partial charge in [0.15, 0.2) is 6.10 Å². The highest BCUT2D eigenvalue weighted by molar-refractivity contribution is 5.89. The molecule has 2 rings (SSSR count). The van der Waals surface area contributed by atoms with Gasteiger partial charge < -0.3 is 15.2 Å². The van der Waals surface area contributed by atoms with E-state index in [1.807, 2.05) is 6.07 Å². The number of ether oxygens (including phenoxy) is 1. The van der Waals surface area contributed by atoms with Crippen molar-refractivity contribution in [1.82, 2.24) is 5.32 Å². The maximum atomic E-state index is 12.3. The average molecular weight is 316 g/mol. The summed E-state index contributed by atoms with van der Waals surface area (Å²) in [5.74, 6) is -0.977. The summed E-state index contributed by atoms with van der Waals surface area (Å²) in [4.78, 5) is 23.9. The predicted molar refractivity (Wildman–Crippen MR) is 82.8 cm³/mol. The predicted octanol–water partition coefficient (Wildman–Crippen LogP) is 2.23. The lowest BCUT2D eigenvalue weighted by molar-refractivity contribution is -0.150. The summed E-state index contributed by atoms with van der Waals surface area (Å²) in [6.45, 7) is 1.58. The molecule has 122 valence electrons. The number of rotatable bonds is 5. The molecule has 2 N–H and O–H groups in total. The third-order valence-corrected chi connectivity index (χ3v) is 4.14. The largest absolute Gasteiger partial charge is 0.481 e. The highest BCUT2D eigenvalue weighted by Gasteiger charge is 2.41. The van der Waals surface area contributed by atoms with Gasteiger partial charge in [0.1, 0.15) is 11.3 Å². The van der Waals surface area contributed by atoms with E-state index in [-0.39, 0.29) is 0 Å². The normalized spacial score (nSPS) is 17.6. The summed E-state index contributed by atoms with van der Waals surface area (Å²) in [5, 5.41) is 20.9. The van der Waals surface area contributed by atoms with Gasteiger partial charge in [0.05, 0.1) is 11.6 Å². The molecule has 6 nitrogen and oxygen atoms in total. The molecule has 0 spiro atoms. The van der Waals surface area contributed by atoms with Gasteiger partial charge in [-0.05, 0) is 44.0 Å². The zero-order valence-corrected chi connectivity index (χ0v) is 13.0. The topological polar surface area (TPSA) is 99.4 Å². The molecule has 0 aliphatic heterocycles. The molecule has 1 amide bonds. The number of carboxylic acid groups (broad SMARTS) is 1. The van der Waals surface area contributed by atoms with Gasteiger partial charge >= 0.3 is 5.97 Å². The van der Waals surface area contributed by atoms with Crippen molar-refractivity contribution in [3.8, 4) is 11.8 Å². The molecule has 1 unspecified atom stereocenters. The number of carbonyl (C=O) groups is 2. The Morgan fingerprint density at radius 2 is 1.87 bits per heavy atom. The van der Waals surface area contributed by atoms with Crippen LogP contribution in [0.2, 0.25) is 0 Å². The number of aliphatic carboxylic acids is 1. The first-order chi connectivity index (χ1) is 11.0. The number of hydrogen-bond donors (Lipinski definition) is 2. The molecule has 1 saturated carbocycles. The molecule has 0 heterocycles. The van der Waals surface area contributed by atoms with Crippen LogP contribution in [0, 0.1) is 11.3 Å². The van der Waals surface area contributed by atoms with Crippen molar-refractivity contribution in [3.05, 3.63) is 29.8 Å². The van der Waals surface area contributed by atoms with E-state index in [1.54, 1.807) is 31.2 Å². The molecule has 1 aliphatic carbocycles. The van der Waals surface area contributed by atoms with Gasteiger partial charge in [-0.3, -0.25) is 4.79 Å². The maximum Gasteiger partial charge on any atom is 0.329 e. The van der Waals surface area contributed by atoms with E-state index >= 15 is 0 Å². The van der Waals surface area contributed by atoms with Crippen molar-refractivity contribution in [2.45, 2.75) is 50.7 Å². The van der Waals surface area contributed by atoms with Crippen molar-refractivity contribution >= 4 is 11.9 Å². The molecular formula is C17H20N2O4. The summed E-state index contributed by atoms with van der Waals surface area (Å²) in [5.41, 5.74) is -0.682. The van der Waals surface area contributed by atoms with Crippen LogP contribution < -0.4 is 10.1 Å². The Bertz CT molecular complexity index is 612. The second kappa shape index (κ2) is 7.14.